The Balaban J connectivity index is 1.90. The monoisotopic (exact) mass is 357 g/mol. The van der Waals surface area contributed by atoms with Gasteiger partial charge in [0, 0.05) is 44.7 Å². The molecule has 1 amide bonds. The van der Waals surface area contributed by atoms with Crippen LogP contribution in [-0.4, -0.2) is 65.6 Å². The van der Waals surface area contributed by atoms with Crippen LogP contribution in [0.3, 0.4) is 0 Å². The molecule has 1 unspecified atom stereocenters. The van der Waals surface area contributed by atoms with Crippen molar-refractivity contribution in [2.45, 2.75) is 76.8 Å². The molecule has 0 aromatic carbocycles. The fraction of sp³-hybridized carbons (Fsp3) is 0.941. The van der Waals surface area contributed by atoms with Gasteiger partial charge >= 0.3 is 0 Å². The summed E-state index contributed by atoms with van der Waals surface area (Å²) in [6, 6.07) is 0.0166. The zero-order chi connectivity index (χ0) is 17.4. The average Bonchev–Trinajstić information content (AvgIpc) is 3.18. The SMILES string of the molecule is CCN(C(C)=O)C1CN(S(=O)(=O)N2CCCC2)C2(CCCCC2)C1. The van der Waals surface area contributed by atoms with E-state index in [1.807, 2.05) is 11.8 Å². The molecule has 7 heteroatoms. The smallest absolute Gasteiger partial charge is 0.282 e. The second-order valence-corrected chi connectivity index (χ2v) is 9.45. The Morgan fingerprint density at radius 1 is 1.12 bits per heavy atom. The van der Waals surface area contributed by atoms with Gasteiger partial charge in [0.2, 0.25) is 5.91 Å². The number of hydrogen-bond donors (Lipinski definition) is 0. The number of carbonyl (C=O) groups excluding carboxylic acids is 1. The maximum Gasteiger partial charge on any atom is 0.282 e. The van der Waals surface area contributed by atoms with Gasteiger partial charge in [0.25, 0.3) is 10.2 Å². The Hall–Kier alpha value is -0.660. The molecule has 0 radical (unpaired) electrons. The summed E-state index contributed by atoms with van der Waals surface area (Å²) in [6.07, 6.45) is 7.95. The van der Waals surface area contributed by atoms with E-state index in [0.717, 1.165) is 44.9 Å². The van der Waals surface area contributed by atoms with E-state index >= 15 is 0 Å². The van der Waals surface area contributed by atoms with Gasteiger partial charge in [-0.15, -0.1) is 0 Å². The van der Waals surface area contributed by atoms with Crippen LogP contribution in [-0.2, 0) is 15.0 Å². The first-order valence-corrected chi connectivity index (χ1v) is 10.9. The lowest BCUT2D eigenvalue weighted by atomic mass is 9.80. The first-order chi connectivity index (χ1) is 11.4. The van der Waals surface area contributed by atoms with E-state index in [9.17, 15) is 13.2 Å². The first-order valence-electron chi connectivity index (χ1n) is 9.46. The molecule has 1 atom stereocenters. The summed E-state index contributed by atoms with van der Waals surface area (Å²) in [7, 11) is -3.42. The summed E-state index contributed by atoms with van der Waals surface area (Å²) in [6.45, 7) is 5.97. The molecule has 1 spiro atoms. The van der Waals surface area contributed by atoms with Crippen LogP contribution in [0.5, 0.6) is 0 Å². The van der Waals surface area contributed by atoms with Crippen LogP contribution in [0.25, 0.3) is 0 Å². The van der Waals surface area contributed by atoms with E-state index in [2.05, 4.69) is 0 Å². The van der Waals surface area contributed by atoms with Crippen molar-refractivity contribution in [3.8, 4) is 0 Å². The average molecular weight is 358 g/mol. The number of hydrogen-bond acceptors (Lipinski definition) is 3. The summed E-state index contributed by atoms with van der Waals surface area (Å²) in [5, 5.41) is 0. The zero-order valence-corrected chi connectivity index (χ0v) is 15.9. The molecular weight excluding hydrogens is 326 g/mol. The molecule has 3 rings (SSSR count). The van der Waals surface area contributed by atoms with Crippen LogP contribution in [0.15, 0.2) is 0 Å². The van der Waals surface area contributed by atoms with Gasteiger partial charge < -0.3 is 4.90 Å². The largest absolute Gasteiger partial charge is 0.339 e. The summed E-state index contributed by atoms with van der Waals surface area (Å²) in [5.41, 5.74) is -0.271. The molecule has 2 saturated heterocycles. The van der Waals surface area contributed by atoms with Gasteiger partial charge in [0.15, 0.2) is 0 Å². The van der Waals surface area contributed by atoms with Crippen molar-refractivity contribution in [1.82, 2.24) is 13.5 Å². The highest BCUT2D eigenvalue weighted by Crippen LogP contribution is 2.45. The summed E-state index contributed by atoms with van der Waals surface area (Å²) in [5.74, 6) is 0.0499. The number of likely N-dealkylation sites (N-methyl/N-ethyl adjacent to an activating group) is 1. The lowest BCUT2D eigenvalue weighted by molar-refractivity contribution is -0.130. The predicted octanol–water partition coefficient (Wildman–Crippen LogP) is 1.97. The maximum atomic E-state index is 13.3. The van der Waals surface area contributed by atoms with Crippen molar-refractivity contribution in [2.75, 3.05) is 26.2 Å². The third-order valence-corrected chi connectivity index (χ3v) is 8.27. The van der Waals surface area contributed by atoms with E-state index in [-0.39, 0.29) is 17.5 Å². The van der Waals surface area contributed by atoms with Gasteiger partial charge in [-0.1, -0.05) is 19.3 Å². The van der Waals surface area contributed by atoms with Gasteiger partial charge in [0.05, 0.1) is 0 Å². The highest BCUT2D eigenvalue weighted by atomic mass is 32.2. The molecule has 2 heterocycles. The first kappa shape index (κ1) is 18.1. The molecule has 6 nitrogen and oxygen atoms in total. The number of amides is 1. The summed E-state index contributed by atoms with van der Waals surface area (Å²) >= 11 is 0. The van der Waals surface area contributed by atoms with E-state index < -0.39 is 10.2 Å². The molecular formula is C17H31N3O3S. The molecule has 0 aromatic heterocycles. The second-order valence-electron chi connectivity index (χ2n) is 7.59. The van der Waals surface area contributed by atoms with Crippen LogP contribution in [0.4, 0.5) is 0 Å². The predicted molar refractivity (Wildman–Crippen MR) is 93.7 cm³/mol. The molecule has 0 aromatic rings. The molecule has 0 N–H and O–H groups in total. The normalized spacial score (nSPS) is 28.5. The molecule has 2 aliphatic heterocycles. The highest BCUT2D eigenvalue weighted by molar-refractivity contribution is 7.86. The highest BCUT2D eigenvalue weighted by Gasteiger charge is 2.54. The maximum absolute atomic E-state index is 13.3. The summed E-state index contributed by atoms with van der Waals surface area (Å²) in [4.78, 5) is 13.9. The quantitative estimate of drug-likeness (QED) is 0.773. The van der Waals surface area contributed by atoms with Gasteiger partial charge in [-0.2, -0.15) is 17.0 Å². The van der Waals surface area contributed by atoms with Crippen molar-refractivity contribution < 1.29 is 13.2 Å². The van der Waals surface area contributed by atoms with E-state index in [1.165, 1.54) is 6.42 Å². The molecule has 1 saturated carbocycles. The molecule has 0 bridgehead atoms. The Bertz CT molecular complexity index is 566. The summed E-state index contributed by atoms with van der Waals surface area (Å²) < 4.78 is 30.0. The van der Waals surface area contributed by atoms with Gasteiger partial charge in [0.1, 0.15) is 0 Å². The van der Waals surface area contributed by atoms with Crippen molar-refractivity contribution in [2.24, 2.45) is 0 Å². The Morgan fingerprint density at radius 3 is 2.29 bits per heavy atom. The van der Waals surface area contributed by atoms with Gasteiger partial charge in [-0.3, -0.25) is 4.79 Å². The standard InChI is InChI=1S/C17H31N3O3S/c1-3-19(15(2)21)16-13-17(9-5-4-6-10-17)20(14-16)24(22,23)18-11-7-8-12-18/h16H,3-14H2,1-2H3. The van der Waals surface area contributed by atoms with Crippen LogP contribution in [0, 0.1) is 0 Å². The minimum absolute atomic E-state index is 0.0166. The van der Waals surface area contributed by atoms with Crippen LogP contribution in [0.2, 0.25) is 0 Å². The van der Waals surface area contributed by atoms with E-state index in [4.69, 9.17) is 0 Å². The number of rotatable bonds is 4. The number of carbonyl (C=O) groups is 1. The molecule has 24 heavy (non-hydrogen) atoms. The Kier molecular flexibility index (Phi) is 5.23. The van der Waals surface area contributed by atoms with Crippen LogP contribution >= 0.6 is 0 Å². The minimum Gasteiger partial charge on any atom is -0.339 e. The Labute approximate surface area is 146 Å². The van der Waals surface area contributed by atoms with Gasteiger partial charge in [-0.05, 0) is 39.0 Å². The zero-order valence-electron chi connectivity index (χ0n) is 15.0. The third kappa shape index (κ3) is 3.10. The lowest BCUT2D eigenvalue weighted by Gasteiger charge is -2.41. The van der Waals surface area contributed by atoms with Crippen molar-refractivity contribution in [3.63, 3.8) is 0 Å². The van der Waals surface area contributed by atoms with Crippen molar-refractivity contribution in [3.05, 3.63) is 0 Å². The number of nitrogens with zero attached hydrogens (tertiary/aromatic N) is 3. The molecule has 1 aliphatic carbocycles. The van der Waals surface area contributed by atoms with Crippen molar-refractivity contribution in [1.29, 1.82) is 0 Å². The fourth-order valence-electron chi connectivity index (χ4n) is 5.00. The van der Waals surface area contributed by atoms with Gasteiger partial charge in [-0.25, -0.2) is 0 Å². The Morgan fingerprint density at radius 2 is 1.75 bits per heavy atom. The molecule has 3 fully saturated rings. The topological polar surface area (TPSA) is 60.9 Å². The lowest BCUT2D eigenvalue weighted by Crippen LogP contribution is -2.53. The molecule has 3 aliphatic rings. The fourth-order valence-corrected chi connectivity index (χ4v) is 7.10. The van der Waals surface area contributed by atoms with Crippen LogP contribution in [0.1, 0.15) is 65.2 Å². The van der Waals surface area contributed by atoms with E-state index in [1.54, 1.807) is 15.5 Å². The molecule has 138 valence electrons. The second kappa shape index (κ2) is 6.92. The van der Waals surface area contributed by atoms with Crippen molar-refractivity contribution >= 4 is 16.1 Å². The third-order valence-electron chi connectivity index (χ3n) is 6.16. The van der Waals surface area contributed by atoms with E-state index in [0.29, 0.717) is 26.2 Å². The van der Waals surface area contributed by atoms with Crippen LogP contribution < -0.4 is 0 Å². The minimum atomic E-state index is -3.42.